The van der Waals surface area contributed by atoms with Crippen molar-refractivity contribution in [1.29, 1.82) is 0 Å². The maximum Gasteiger partial charge on any atom is 0.315 e. The van der Waals surface area contributed by atoms with E-state index in [2.05, 4.69) is 21.3 Å². The van der Waals surface area contributed by atoms with E-state index in [1.807, 2.05) is 11.8 Å². The number of carbonyl (C=O) groups is 5. The molecule has 30 heavy (non-hydrogen) atoms. The van der Waals surface area contributed by atoms with Gasteiger partial charge < -0.3 is 30.9 Å². The van der Waals surface area contributed by atoms with Crippen LogP contribution < -0.4 is 21.3 Å². The molecule has 2 saturated heterocycles. The molecule has 0 aromatic heterocycles. The molecule has 168 valence electrons. The number of fused-ring (bicyclic) bond motifs is 1. The van der Waals surface area contributed by atoms with E-state index in [1.165, 1.54) is 0 Å². The first-order valence-electron chi connectivity index (χ1n) is 10.5. The normalized spacial score (nSPS) is 22.6. The average molecular weight is 441 g/mol. The second kappa shape index (κ2) is 11.9. The lowest BCUT2D eigenvalue weighted by Gasteiger charge is -2.23. The molecule has 2 heterocycles. The number of rotatable bonds is 14. The Kier molecular flexibility index (Phi) is 9.61. The molecular formula is C20H32N4O5S. The van der Waals surface area contributed by atoms with Gasteiger partial charge in [-0.05, 0) is 26.2 Å². The Balaban J connectivity index is 1.51. The van der Waals surface area contributed by atoms with Gasteiger partial charge in [0.2, 0.25) is 11.8 Å². The van der Waals surface area contributed by atoms with Crippen molar-refractivity contribution < 1.29 is 24.0 Å². The van der Waals surface area contributed by atoms with E-state index in [0.29, 0.717) is 43.8 Å². The van der Waals surface area contributed by atoms with Crippen molar-refractivity contribution in [2.45, 2.75) is 69.2 Å². The summed E-state index contributed by atoms with van der Waals surface area (Å²) in [6.07, 6.45) is 5.04. The van der Waals surface area contributed by atoms with Gasteiger partial charge in [-0.25, -0.2) is 4.79 Å². The first-order chi connectivity index (χ1) is 14.4. The molecule has 0 spiro atoms. The van der Waals surface area contributed by atoms with Crippen molar-refractivity contribution in [2.24, 2.45) is 5.41 Å². The van der Waals surface area contributed by atoms with Gasteiger partial charge >= 0.3 is 6.03 Å². The molecular weight excluding hydrogens is 408 g/mol. The number of urea groups is 1. The summed E-state index contributed by atoms with van der Waals surface area (Å²) in [6.45, 7) is 2.42. The van der Waals surface area contributed by atoms with Crippen LogP contribution in [-0.2, 0) is 19.2 Å². The number of aldehydes is 2. The van der Waals surface area contributed by atoms with E-state index in [9.17, 15) is 24.0 Å². The highest BCUT2D eigenvalue weighted by Gasteiger charge is 2.42. The minimum absolute atomic E-state index is 0.00203. The van der Waals surface area contributed by atoms with Crippen molar-refractivity contribution in [3.8, 4) is 0 Å². The SMILES string of the molecule is CC(CC=O)(CC=O)C(=O)NCCCNC(=O)CCCCC1SC[C@@H]2NC(=O)N[C@H]12. The predicted octanol–water partition coefficient (Wildman–Crippen LogP) is 0.519. The van der Waals surface area contributed by atoms with E-state index < -0.39 is 5.41 Å². The van der Waals surface area contributed by atoms with E-state index >= 15 is 0 Å². The van der Waals surface area contributed by atoms with Crippen LogP contribution in [0.4, 0.5) is 4.79 Å². The maximum absolute atomic E-state index is 12.2. The summed E-state index contributed by atoms with van der Waals surface area (Å²) >= 11 is 1.87. The van der Waals surface area contributed by atoms with Crippen molar-refractivity contribution in [3.63, 3.8) is 0 Å². The lowest BCUT2D eigenvalue weighted by Crippen LogP contribution is -2.40. The van der Waals surface area contributed by atoms with E-state index in [4.69, 9.17) is 0 Å². The maximum atomic E-state index is 12.2. The van der Waals surface area contributed by atoms with Crippen LogP contribution in [0.15, 0.2) is 0 Å². The largest absolute Gasteiger partial charge is 0.356 e. The highest BCUT2D eigenvalue weighted by Crippen LogP contribution is 2.33. The number of unbranched alkanes of at least 4 members (excludes halogenated alkanes) is 1. The van der Waals surface area contributed by atoms with Gasteiger partial charge in [0.15, 0.2) is 0 Å². The van der Waals surface area contributed by atoms with Crippen molar-refractivity contribution in [1.82, 2.24) is 21.3 Å². The molecule has 2 aliphatic heterocycles. The Morgan fingerprint density at radius 2 is 1.80 bits per heavy atom. The minimum Gasteiger partial charge on any atom is -0.356 e. The predicted molar refractivity (Wildman–Crippen MR) is 114 cm³/mol. The molecule has 1 unspecified atom stereocenters. The zero-order valence-corrected chi connectivity index (χ0v) is 18.2. The second-order valence-corrected chi connectivity index (χ2v) is 9.40. The second-order valence-electron chi connectivity index (χ2n) is 8.13. The summed E-state index contributed by atoms with van der Waals surface area (Å²) in [6, 6.07) is 0.348. The van der Waals surface area contributed by atoms with Crippen LogP contribution in [0.1, 0.15) is 51.9 Å². The van der Waals surface area contributed by atoms with E-state index in [0.717, 1.165) is 25.0 Å². The van der Waals surface area contributed by atoms with Crippen LogP contribution in [0.2, 0.25) is 0 Å². The first-order valence-corrected chi connectivity index (χ1v) is 11.6. The molecule has 0 aliphatic carbocycles. The number of carbonyl (C=O) groups excluding carboxylic acids is 5. The summed E-state index contributed by atoms with van der Waals surface area (Å²) < 4.78 is 0. The molecule has 0 bridgehead atoms. The standard InChI is InChI=1S/C20H32N4O5S/c1-20(7-11-25,8-12-26)18(28)22-10-4-9-21-16(27)6-3-2-5-15-17-14(13-30-15)23-19(29)24-17/h11-12,14-15,17H,2-10,13H2,1H3,(H,21,27)(H,22,28)(H2,23,24,29)/t14-,15?,17-/m0/s1. The van der Waals surface area contributed by atoms with Crippen LogP contribution in [0.5, 0.6) is 0 Å². The Labute approximate surface area is 181 Å². The molecule has 3 atom stereocenters. The summed E-state index contributed by atoms with van der Waals surface area (Å²) in [5, 5.41) is 11.9. The zero-order chi connectivity index (χ0) is 22.0. The number of hydrogen-bond donors (Lipinski definition) is 4. The molecule has 4 amide bonds. The lowest BCUT2D eigenvalue weighted by atomic mass is 9.83. The van der Waals surface area contributed by atoms with Gasteiger partial charge in [0.25, 0.3) is 0 Å². The molecule has 2 aliphatic rings. The van der Waals surface area contributed by atoms with Gasteiger partial charge in [-0.15, -0.1) is 0 Å². The topological polar surface area (TPSA) is 133 Å². The Morgan fingerprint density at radius 3 is 2.50 bits per heavy atom. The zero-order valence-electron chi connectivity index (χ0n) is 17.4. The smallest absolute Gasteiger partial charge is 0.315 e. The van der Waals surface area contributed by atoms with Gasteiger partial charge in [0.05, 0.1) is 17.5 Å². The van der Waals surface area contributed by atoms with Crippen LogP contribution in [-0.4, -0.2) is 66.6 Å². The van der Waals surface area contributed by atoms with Crippen LogP contribution in [0.25, 0.3) is 0 Å². The van der Waals surface area contributed by atoms with Gasteiger partial charge in [0.1, 0.15) is 12.6 Å². The van der Waals surface area contributed by atoms with Crippen LogP contribution in [0.3, 0.4) is 0 Å². The van der Waals surface area contributed by atoms with Crippen molar-refractivity contribution in [3.05, 3.63) is 0 Å². The Bertz CT molecular complexity index is 635. The summed E-state index contributed by atoms with van der Waals surface area (Å²) in [5.41, 5.74) is -1.01. The van der Waals surface area contributed by atoms with Crippen molar-refractivity contribution in [2.75, 3.05) is 18.8 Å². The molecule has 0 saturated carbocycles. The monoisotopic (exact) mass is 440 g/mol. The van der Waals surface area contributed by atoms with E-state index in [1.54, 1.807) is 6.92 Å². The Morgan fingerprint density at radius 1 is 1.10 bits per heavy atom. The summed E-state index contributed by atoms with van der Waals surface area (Å²) in [4.78, 5) is 57.0. The first kappa shape index (κ1) is 24.2. The number of hydrogen-bond acceptors (Lipinski definition) is 6. The highest BCUT2D eigenvalue weighted by atomic mass is 32.2. The molecule has 2 rings (SSSR count). The molecule has 0 aromatic rings. The fraction of sp³-hybridized carbons (Fsp3) is 0.750. The number of thioether (sulfide) groups is 1. The summed E-state index contributed by atoms with van der Waals surface area (Å²) in [5.74, 6) is 0.601. The number of amides is 4. The van der Waals surface area contributed by atoms with Crippen LogP contribution in [0, 0.1) is 5.41 Å². The lowest BCUT2D eigenvalue weighted by molar-refractivity contribution is -0.134. The molecule has 10 heteroatoms. The molecule has 4 N–H and O–H groups in total. The average Bonchev–Trinajstić information content (AvgIpc) is 3.24. The van der Waals surface area contributed by atoms with Crippen molar-refractivity contribution >= 4 is 42.2 Å². The van der Waals surface area contributed by atoms with Gasteiger partial charge in [-0.3, -0.25) is 9.59 Å². The summed E-state index contributed by atoms with van der Waals surface area (Å²) in [7, 11) is 0. The minimum atomic E-state index is -1.01. The van der Waals surface area contributed by atoms with E-state index in [-0.39, 0.29) is 42.8 Å². The molecule has 2 fully saturated rings. The number of nitrogens with one attached hydrogen (secondary N) is 4. The highest BCUT2D eigenvalue weighted by molar-refractivity contribution is 8.00. The quantitative estimate of drug-likeness (QED) is 0.177. The van der Waals surface area contributed by atoms with Gasteiger partial charge in [-0.2, -0.15) is 11.8 Å². The molecule has 9 nitrogen and oxygen atoms in total. The third-order valence-corrected chi connectivity index (χ3v) is 7.17. The van der Waals surface area contributed by atoms with Gasteiger partial charge in [-0.1, -0.05) is 6.42 Å². The third-order valence-electron chi connectivity index (χ3n) is 5.66. The Hall–Kier alpha value is -2.10. The van der Waals surface area contributed by atoms with Gasteiger partial charge in [0, 0.05) is 43.4 Å². The third kappa shape index (κ3) is 7.00. The molecule has 0 aromatic carbocycles. The fourth-order valence-electron chi connectivity index (χ4n) is 3.73. The molecule has 0 radical (unpaired) electrons. The van der Waals surface area contributed by atoms with Crippen LogP contribution >= 0.6 is 11.8 Å². The fourth-order valence-corrected chi connectivity index (χ4v) is 5.27.